The van der Waals surface area contributed by atoms with Crippen molar-refractivity contribution in [3.05, 3.63) is 43.0 Å². The Bertz CT molecular complexity index is 544. The summed E-state index contributed by atoms with van der Waals surface area (Å²) in [7, 11) is 1.60. The van der Waals surface area contributed by atoms with E-state index in [1.165, 1.54) is 0 Å². The van der Waals surface area contributed by atoms with Gasteiger partial charge in [0.25, 0.3) is 5.91 Å². The number of carbonyl (C=O) groups is 1. The smallest absolute Gasteiger partial charge is 0.257 e. The molecule has 1 N–H and O–H groups in total. The minimum atomic E-state index is -0.128. The van der Waals surface area contributed by atoms with Gasteiger partial charge in [-0.25, -0.2) is 4.98 Å². The zero-order valence-corrected chi connectivity index (χ0v) is 13.2. The first kappa shape index (κ1) is 17.8. The number of rotatable bonds is 8. The maximum atomic E-state index is 11.6. The second kappa shape index (κ2) is 9.68. The van der Waals surface area contributed by atoms with E-state index in [-0.39, 0.29) is 24.9 Å². The Labute approximate surface area is 135 Å². The number of nitrogens with zero attached hydrogens (tertiary/aromatic N) is 2. The molecule has 2 aromatic rings. The minimum absolute atomic E-state index is 0. The van der Waals surface area contributed by atoms with E-state index >= 15 is 0 Å². The van der Waals surface area contributed by atoms with Gasteiger partial charge in [-0.15, -0.1) is 12.4 Å². The van der Waals surface area contributed by atoms with Crippen LogP contribution in [0.5, 0.6) is 11.5 Å². The van der Waals surface area contributed by atoms with Crippen LogP contribution < -0.4 is 14.8 Å². The van der Waals surface area contributed by atoms with Crippen LogP contribution in [0.1, 0.15) is 6.42 Å². The van der Waals surface area contributed by atoms with Crippen molar-refractivity contribution in [3.63, 3.8) is 0 Å². The first-order valence-corrected chi connectivity index (χ1v) is 6.77. The molecule has 0 saturated carbocycles. The van der Waals surface area contributed by atoms with Crippen LogP contribution in [0.4, 0.5) is 0 Å². The molecule has 1 aromatic heterocycles. The summed E-state index contributed by atoms with van der Waals surface area (Å²) in [5.41, 5.74) is 0. The average Bonchev–Trinajstić information content (AvgIpc) is 3.03. The van der Waals surface area contributed by atoms with Crippen molar-refractivity contribution in [2.24, 2.45) is 0 Å². The molecule has 1 heterocycles. The Hall–Kier alpha value is -2.21. The Kier molecular flexibility index (Phi) is 7.85. The van der Waals surface area contributed by atoms with E-state index in [2.05, 4.69) is 10.3 Å². The predicted molar refractivity (Wildman–Crippen MR) is 85.6 cm³/mol. The van der Waals surface area contributed by atoms with Gasteiger partial charge in [-0.05, 0) is 30.7 Å². The lowest BCUT2D eigenvalue weighted by molar-refractivity contribution is -0.123. The number of imidazole rings is 1. The summed E-state index contributed by atoms with van der Waals surface area (Å²) < 4.78 is 12.4. The molecule has 0 aliphatic heterocycles. The van der Waals surface area contributed by atoms with Gasteiger partial charge in [-0.3, -0.25) is 4.79 Å². The van der Waals surface area contributed by atoms with Crippen LogP contribution in [-0.2, 0) is 11.3 Å². The number of hydrogen-bond acceptors (Lipinski definition) is 4. The van der Waals surface area contributed by atoms with E-state index in [1.807, 2.05) is 10.8 Å². The fourth-order valence-corrected chi connectivity index (χ4v) is 1.78. The predicted octanol–water partition coefficient (Wildman–Crippen LogP) is 1.90. The van der Waals surface area contributed by atoms with Crippen LogP contribution in [-0.4, -0.2) is 35.7 Å². The number of benzene rings is 1. The topological polar surface area (TPSA) is 65.4 Å². The third-order valence-corrected chi connectivity index (χ3v) is 2.90. The second-order valence-corrected chi connectivity index (χ2v) is 4.47. The number of aromatic nitrogens is 2. The molecule has 1 amide bonds. The highest BCUT2D eigenvalue weighted by molar-refractivity contribution is 5.85. The number of aryl methyl sites for hydroxylation is 1. The van der Waals surface area contributed by atoms with E-state index in [1.54, 1.807) is 43.9 Å². The summed E-state index contributed by atoms with van der Waals surface area (Å²) in [6.07, 6.45) is 6.25. The molecular weight excluding hydrogens is 306 g/mol. The van der Waals surface area contributed by atoms with Gasteiger partial charge < -0.3 is 19.4 Å². The summed E-state index contributed by atoms with van der Waals surface area (Å²) >= 11 is 0. The van der Waals surface area contributed by atoms with Gasteiger partial charge in [0.2, 0.25) is 0 Å². The molecule has 0 fully saturated rings. The van der Waals surface area contributed by atoms with Crippen molar-refractivity contribution in [3.8, 4) is 11.5 Å². The summed E-state index contributed by atoms with van der Waals surface area (Å²) in [6, 6.07) is 7.12. The molecule has 2 rings (SSSR count). The molecule has 7 heteroatoms. The fourth-order valence-electron chi connectivity index (χ4n) is 1.78. The highest BCUT2D eigenvalue weighted by Gasteiger charge is 2.02. The van der Waals surface area contributed by atoms with Crippen LogP contribution in [0.3, 0.4) is 0 Å². The molecule has 0 atom stereocenters. The van der Waals surface area contributed by atoms with Crippen molar-refractivity contribution >= 4 is 18.3 Å². The maximum Gasteiger partial charge on any atom is 0.257 e. The molecule has 0 aliphatic rings. The SMILES string of the molecule is COc1ccc(OCC(=O)NCCCn2ccnc2)cc1.Cl. The van der Waals surface area contributed by atoms with E-state index in [0.717, 1.165) is 18.7 Å². The number of carbonyl (C=O) groups excluding carboxylic acids is 1. The summed E-state index contributed by atoms with van der Waals surface area (Å²) in [5.74, 6) is 1.27. The third kappa shape index (κ3) is 6.05. The van der Waals surface area contributed by atoms with Crippen molar-refractivity contribution in [2.45, 2.75) is 13.0 Å². The van der Waals surface area contributed by atoms with E-state index in [4.69, 9.17) is 9.47 Å². The van der Waals surface area contributed by atoms with Crippen LogP contribution in [0, 0.1) is 0 Å². The molecule has 22 heavy (non-hydrogen) atoms. The van der Waals surface area contributed by atoms with Crippen LogP contribution in [0.2, 0.25) is 0 Å². The van der Waals surface area contributed by atoms with Crippen molar-refractivity contribution in [2.75, 3.05) is 20.3 Å². The number of halogens is 1. The Balaban J connectivity index is 0.00000242. The van der Waals surface area contributed by atoms with E-state index < -0.39 is 0 Å². The van der Waals surface area contributed by atoms with Gasteiger partial charge in [0.15, 0.2) is 6.61 Å². The van der Waals surface area contributed by atoms with Gasteiger partial charge in [-0.1, -0.05) is 0 Å². The number of amides is 1. The fraction of sp³-hybridized carbons (Fsp3) is 0.333. The number of hydrogen-bond donors (Lipinski definition) is 1. The van der Waals surface area contributed by atoms with Crippen LogP contribution >= 0.6 is 12.4 Å². The van der Waals surface area contributed by atoms with Gasteiger partial charge in [0.05, 0.1) is 13.4 Å². The molecule has 0 aliphatic carbocycles. The zero-order valence-electron chi connectivity index (χ0n) is 12.4. The lowest BCUT2D eigenvalue weighted by atomic mass is 10.3. The van der Waals surface area contributed by atoms with Gasteiger partial charge in [0, 0.05) is 25.5 Å². The summed E-state index contributed by atoms with van der Waals surface area (Å²) in [5, 5.41) is 2.82. The normalized spacial score (nSPS) is 9.68. The van der Waals surface area contributed by atoms with Crippen LogP contribution in [0.25, 0.3) is 0 Å². The lowest BCUT2D eigenvalue weighted by Crippen LogP contribution is -2.30. The van der Waals surface area contributed by atoms with Crippen molar-refractivity contribution < 1.29 is 14.3 Å². The highest BCUT2D eigenvalue weighted by Crippen LogP contribution is 2.16. The molecule has 0 unspecified atom stereocenters. The number of ether oxygens (including phenoxy) is 2. The van der Waals surface area contributed by atoms with Gasteiger partial charge >= 0.3 is 0 Å². The Morgan fingerprint density at radius 3 is 2.64 bits per heavy atom. The highest BCUT2D eigenvalue weighted by atomic mass is 35.5. The lowest BCUT2D eigenvalue weighted by Gasteiger charge is -2.08. The summed E-state index contributed by atoms with van der Waals surface area (Å²) in [4.78, 5) is 15.6. The Morgan fingerprint density at radius 2 is 2.00 bits per heavy atom. The third-order valence-electron chi connectivity index (χ3n) is 2.90. The average molecular weight is 326 g/mol. The quantitative estimate of drug-likeness (QED) is 0.753. The molecule has 0 spiro atoms. The first-order valence-electron chi connectivity index (χ1n) is 6.77. The minimum Gasteiger partial charge on any atom is -0.497 e. The van der Waals surface area contributed by atoms with Gasteiger partial charge in [0.1, 0.15) is 11.5 Å². The number of nitrogens with one attached hydrogen (secondary N) is 1. The molecular formula is C15H20ClN3O3. The van der Waals surface area contributed by atoms with E-state index in [0.29, 0.717) is 12.3 Å². The molecule has 0 saturated heterocycles. The maximum absolute atomic E-state index is 11.6. The standard InChI is InChI=1S/C15H19N3O3.ClH/c1-20-13-3-5-14(6-4-13)21-11-15(19)17-7-2-9-18-10-8-16-12-18;/h3-6,8,10,12H,2,7,9,11H2,1H3,(H,17,19);1H. The van der Waals surface area contributed by atoms with Gasteiger partial charge in [-0.2, -0.15) is 0 Å². The number of methoxy groups -OCH3 is 1. The van der Waals surface area contributed by atoms with Crippen molar-refractivity contribution in [1.82, 2.24) is 14.9 Å². The molecule has 1 aromatic carbocycles. The monoisotopic (exact) mass is 325 g/mol. The first-order chi connectivity index (χ1) is 10.3. The molecule has 0 radical (unpaired) electrons. The summed E-state index contributed by atoms with van der Waals surface area (Å²) in [6.45, 7) is 1.46. The molecule has 6 nitrogen and oxygen atoms in total. The van der Waals surface area contributed by atoms with Crippen molar-refractivity contribution in [1.29, 1.82) is 0 Å². The Morgan fingerprint density at radius 1 is 1.27 bits per heavy atom. The zero-order chi connectivity index (χ0) is 14.9. The molecule has 120 valence electrons. The molecule has 0 bridgehead atoms. The van der Waals surface area contributed by atoms with Crippen LogP contribution in [0.15, 0.2) is 43.0 Å². The van der Waals surface area contributed by atoms with E-state index in [9.17, 15) is 4.79 Å². The largest absolute Gasteiger partial charge is 0.497 e. The second-order valence-electron chi connectivity index (χ2n) is 4.47.